The zero-order valence-electron chi connectivity index (χ0n) is 11.6. The van der Waals surface area contributed by atoms with Crippen LogP contribution in [0.4, 0.5) is 10.1 Å². The summed E-state index contributed by atoms with van der Waals surface area (Å²) in [5, 5.41) is 2.59. The summed E-state index contributed by atoms with van der Waals surface area (Å²) >= 11 is 0. The molecule has 2 unspecified atom stereocenters. The molecule has 2 amide bonds. The fourth-order valence-corrected chi connectivity index (χ4v) is 2.31. The molecule has 20 heavy (non-hydrogen) atoms. The summed E-state index contributed by atoms with van der Waals surface area (Å²) in [6, 6.07) is 2.75. The van der Waals surface area contributed by atoms with E-state index >= 15 is 0 Å². The molecular formula is C14H17FN2O3. The Bertz CT molecular complexity index is 547. The van der Waals surface area contributed by atoms with Crippen molar-refractivity contribution in [2.24, 2.45) is 0 Å². The Labute approximate surface area is 116 Å². The second-order valence-electron chi connectivity index (χ2n) is 4.68. The van der Waals surface area contributed by atoms with Gasteiger partial charge in [0.15, 0.2) is 0 Å². The van der Waals surface area contributed by atoms with E-state index in [4.69, 9.17) is 4.74 Å². The standard InChI is InChI=1S/C14H17FN2O3/c1-4-11-13(18)16-8(2)14(19)17(11)12-7-9(20-3)5-6-10(12)15/h5-8,11H,4H2,1-3H3,(H,16,18). The van der Waals surface area contributed by atoms with Gasteiger partial charge in [0.25, 0.3) is 0 Å². The van der Waals surface area contributed by atoms with Crippen LogP contribution in [0, 0.1) is 5.82 Å². The Morgan fingerprint density at radius 2 is 2.10 bits per heavy atom. The topological polar surface area (TPSA) is 58.6 Å². The van der Waals surface area contributed by atoms with E-state index in [1.807, 2.05) is 0 Å². The zero-order valence-corrected chi connectivity index (χ0v) is 11.6. The molecule has 0 aromatic heterocycles. The summed E-state index contributed by atoms with van der Waals surface area (Å²) in [5.74, 6) is -0.729. The van der Waals surface area contributed by atoms with Crippen molar-refractivity contribution in [2.75, 3.05) is 12.0 Å². The lowest BCUT2D eigenvalue weighted by Gasteiger charge is -2.37. The van der Waals surface area contributed by atoms with Crippen molar-refractivity contribution < 1.29 is 18.7 Å². The third-order valence-corrected chi connectivity index (χ3v) is 3.38. The molecule has 1 aliphatic rings. The number of benzene rings is 1. The molecule has 0 bridgehead atoms. The van der Waals surface area contributed by atoms with Gasteiger partial charge in [0.1, 0.15) is 23.7 Å². The molecule has 5 nitrogen and oxygen atoms in total. The van der Waals surface area contributed by atoms with E-state index in [1.165, 1.54) is 30.2 Å². The quantitative estimate of drug-likeness (QED) is 0.912. The first-order valence-electron chi connectivity index (χ1n) is 6.46. The maximum atomic E-state index is 14.0. The third kappa shape index (κ3) is 2.33. The molecule has 2 atom stereocenters. The number of carbonyl (C=O) groups is 2. The summed E-state index contributed by atoms with van der Waals surface area (Å²) in [7, 11) is 1.46. The summed E-state index contributed by atoms with van der Waals surface area (Å²) in [5.41, 5.74) is 0.0721. The highest BCUT2D eigenvalue weighted by Gasteiger charge is 2.39. The highest BCUT2D eigenvalue weighted by Crippen LogP contribution is 2.29. The van der Waals surface area contributed by atoms with Crippen molar-refractivity contribution in [2.45, 2.75) is 32.4 Å². The molecule has 1 aromatic carbocycles. The number of nitrogens with one attached hydrogen (secondary N) is 1. The van der Waals surface area contributed by atoms with Crippen LogP contribution in [0.1, 0.15) is 20.3 Å². The summed E-state index contributed by atoms with van der Waals surface area (Å²) in [6.45, 7) is 3.36. The Morgan fingerprint density at radius 3 is 2.70 bits per heavy atom. The summed E-state index contributed by atoms with van der Waals surface area (Å²) < 4.78 is 19.1. The van der Waals surface area contributed by atoms with E-state index in [1.54, 1.807) is 13.8 Å². The van der Waals surface area contributed by atoms with Gasteiger partial charge in [-0.05, 0) is 25.5 Å². The molecule has 108 valence electrons. The Kier molecular flexibility index (Phi) is 3.92. The van der Waals surface area contributed by atoms with E-state index in [-0.39, 0.29) is 17.5 Å². The van der Waals surface area contributed by atoms with Crippen LogP contribution < -0.4 is 15.0 Å². The number of amides is 2. The Morgan fingerprint density at radius 1 is 1.40 bits per heavy atom. The van der Waals surface area contributed by atoms with E-state index in [0.29, 0.717) is 12.2 Å². The molecule has 2 rings (SSSR count). The average molecular weight is 280 g/mol. The van der Waals surface area contributed by atoms with Crippen LogP contribution in [0.15, 0.2) is 18.2 Å². The number of ether oxygens (including phenoxy) is 1. The van der Waals surface area contributed by atoms with Gasteiger partial charge in [0, 0.05) is 6.07 Å². The fraction of sp³-hybridized carbons (Fsp3) is 0.429. The maximum Gasteiger partial charge on any atom is 0.250 e. The summed E-state index contributed by atoms with van der Waals surface area (Å²) in [4.78, 5) is 25.5. The first kappa shape index (κ1) is 14.3. The lowest BCUT2D eigenvalue weighted by Crippen LogP contribution is -2.62. The number of rotatable bonds is 3. The summed E-state index contributed by atoms with van der Waals surface area (Å²) in [6.07, 6.45) is 0.404. The molecule has 1 aliphatic heterocycles. The molecule has 0 aliphatic carbocycles. The highest BCUT2D eigenvalue weighted by molar-refractivity contribution is 6.08. The van der Waals surface area contributed by atoms with Crippen molar-refractivity contribution in [3.05, 3.63) is 24.0 Å². The second-order valence-corrected chi connectivity index (χ2v) is 4.68. The predicted molar refractivity (Wildman–Crippen MR) is 72.1 cm³/mol. The lowest BCUT2D eigenvalue weighted by atomic mass is 10.0. The molecule has 1 heterocycles. The van der Waals surface area contributed by atoms with Gasteiger partial charge in [-0.2, -0.15) is 0 Å². The minimum Gasteiger partial charge on any atom is -0.497 e. The van der Waals surface area contributed by atoms with Crippen LogP contribution >= 0.6 is 0 Å². The average Bonchev–Trinajstić information content (AvgIpc) is 2.43. The SMILES string of the molecule is CCC1C(=O)NC(C)C(=O)N1c1cc(OC)ccc1F. The van der Waals surface area contributed by atoms with Crippen LogP contribution in [0.5, 0.6) is 5.75 Å². The number of nitrogens with zero attached hydrogens (tertiary/aromatic N) is 1. The molecule has 1 fully saturated rings. The number of hydrogen-bond acceptors (Lipinski definition) is 3. The molecule has 1 N–H and O–H groups in total. The number of methoxy groups -OCH3 is 1. The van der Waals surface area contributed by atoms with Crippen LogP contribution in [-0.4, -0.2) is 31.0 Å². The van der Waals surface area contributed by atoms with Crippen molar-refractivity contribution >= 4 is 17.5 Å². The van der Waals surface area contributed by atoms with Gasteiger partial charge in [0.05, 0.1) is 12.8 Å². The zero-order chi connectivity index (χ0) is 14.9. The number of halogens is 1. The van der Waals surface area contributed by atoms with Gasteiger partial charge in [-0.3, -0.25) is 14.5 Å². The van der Waals surface area contributed by atoms with Gasteiger partial charge in [-0.1, -0.05) is 6.92 Å². The van der Waals surface area contributed by atoms with E-state index in [9.17, 15) is 14.0 Å². The molecule has 0 spiro atoms. The van der Waals surface area contributed by atoms with Gasteiger partial charge in [-0.25, -0.2) is 4.39 Å². The predicted octanol–water partition coefficient (Wildman–Crippen LogP) is 1.46. The van der Waals surface area contributed by atoms with Crippen molar-refractivity contribution in [3.8, 4) is 5.75 Å². The number of anilines is 1. The van der Waals surface area contributed by atoms with E-state index in [2.05, 4.69) is 5.32 Å². The van der Waals surface area contributed by atoms with E-state index < -0.39 is 17.9 Å². The van der Waals surface area contributed by atoms with E-state index in [0.717, 1.165) is 0 Å². The van der Waals surface area contributed by atoms with Crippen molar-refractivity contribution in [1.29, 1.82) is 0 Å². The fourth-order valence-electron chi connectivity index (χ4n) is 2.31. The van der Waals surface area contributed by atoms with Crippen LogP contribution in [-0.2, 0) is 9.59 Å². The minimum atomic E-state index is -0.708. The molecule has 0 radical (unpaired) electrons. The number of hydrogen-bond donors (Lipinski definition) is 1. The Balaban J connectivity index is 2.51. The molecular weight excluding hydrogens is 263 g/mol. The second kappa shape index (κ2) is 5.48. The number of carbonyl (C=O) groups excluding carboxylic acids is 2. The monoisotopic (exact) mass is 280 g/mol. The molecule has 1 aromatic rings. The minimum absolute atomic E-state index is 0.0721. The van der Waals surface area contributed by atoms with Crippen molar-refractivity contribution in [1.82, 2.24) is 5.32 Å². The third-order valence-electron chi connectivity index (χ3n) is 3.38. The maximum absolute atomic E-state index is 14.0. The first-order chi connectivity index (χ1) is 9.49. The number of piperazine rings is 1. The van der Waals surface area contributed by atoms with Gasteiger partial charge in [0.2, 0.25) is 11.8 Å². The highest BCUT2D eigenvalue weighted by atomic mass is 19.1. The normalized spacial score (nSPS) is 22.7. The van der Waals surface area contributed by atoms with Crippen molar-refractivity contribution in [3.63, 3.8) is 0 Å². The Hall–Kier alpha value is -2.11. The van der Waals surface area contributed by atoms with Crippen LogP contribution in [0.2, 0.25) is 0 Å². The largest absolute Gasteiger partial charge is 0.497 e. The van der Waals surface area contributed by atoms with Crippen LogP contribution in [0.25, 0.3) is 0 Å². The molecule has 6 heteroatoms. The van der Waals surface area contributed by atoms with Gasteiger partial charge >= 0.3 is 0 Å². The first-order valence-corrected chi connectivity index (χ1v) is 6.46. The molecule has 1 saturated heterocycles. The van der Waals surface area contributed by atoms with Gasteiger partial charge < -0.3 is 10.1 Å². The lowest BCUT2D eigenvalue weighted by molar-refractivity contribution is -0.133. The van der Waals surface area contributed by atoms with Gasteiger partial charge in [-0.15, -0.1) is 0 Å². The smallest absolute Gasteiger partial charge is 0.250 e. The van der Waals surface area contributed by atoms with Crippen LogP contribution in [0.3, 0.4) is 0 Å². The molecule has 0 saturated carbocycles.